The lowest BCUT2D eigenvalue weighted by Gasteiger charge is -2.13. The third-order valence-electron chi connectivity index (χ3n) is 3.33. The smallest absolute Gasteiger partial charge is 0.338 e. The Morgan fingerprint density at radius 2 is 2.05 bits per heavy atom. The molecule has 1 aromatic heterocycles. The molecule has 20 heavy (non-hydrogen) atoms. The van der Waals surface area contributed by atoms with Crippen molar-refractivity contribution >= 4 is 23.1 Å². The Morgan fingerprint density at radius 1 is 1.35 bits per heavy atom. The third-order valence-corrected chi connectivity index (χ3v) is 3.54. The van der Waals surface area contributed by atoms with Crippen molar-refractivity contribution in [3.05, 3.63) is 28.4 Å². The van der Waals surface area contributed by atoms with Gasteiger partial charge in [-0.1, -0.05) is 17.2 Å². The minimum Gasteiger partial charge on any atom is -0.481 e. The topological polar surface area (TPSA) is 48.4 Å². The number of allylic oxidation sites excluding steroid dienone is 1. The van der Waals surface area contributed by atoms with E-state index in [1.807, 2.05) is 0 Å². The fraction of sp³-hybridized carbons (Fsp3) is 0.467. The van der Waals surface area contributed by atoms with E-state index >= 15 is 0 Å². The molecule has 0 amide bonds. The van der Waals surface area contributed by atoms with Crippen LogP contribution in [0, 0.1) is 0 Å². The predicted octanol–water partition coefficient (Wildman–Crippen LogP) is 3.63. The molecule has 0 aliphatic heterocycles. The number of esters is 1. The minimum absolute atomic E-state index is 0.313. The molecule has 0 atom stereocenters. The lowest BCUT2D eigenvalue weighted by Crippen LogP contribution is -2.10. The van der Waals surface area contributed by atoms with Gasteiger partial charge in [0.05, 0.1) is 24.9 Å². The van der Waals surface area contributed by atoms with E-state index in [0.717, 1.165) is 31.3 Å². The van der Waals surface area contributed by atoms with Gasteiger partial charge in [0.25, 0.3) is 0 Å². The van der Waals surface area contributed by atoms with Gasteiger partial charge < -0.3 is 9.47 Å². The average Bonchev–Trinajstić information content (AvgIpc) is 2.94. The number of ether oxygens (including phenoxy) is 2. The van der Waals surface area contributed by atoms with E-state index in [1.165, 1.54) is 7.11 Å². The summed E-state index contributed by atoms with van der Waals surface area (Å²) in [5, 5.41) is 0.338. The normalized spacial score (nSPS) is 14.2. The van der Waals surface area contributed by atoms with Crippen LogP contribution in [-0.2, 0) is 9.53 Å². The Morgan fingerprint density at radius 3 is 2.65 bits per heavy atom. The third kappa shape index (κ3) is 3.12. The summed E-state index contributed by atoms with van der Waals surface area (Å²) in [5.41, 5.74) is 2.36. The summed E-state index contributed by atoms with van der Waals surface area (Å²) in [6, 6.07) is 3.43. The largest absolute Gasteiger partial charge is 0.481 e. The molecule has 1 saturated carbocycles. The lowest BCUT2D eigenvalue weighted by atomic mass is 9.99. The number of hydrogen-bond acceptors (Lipinski definition) is 4. The highest BCUT2D eigenvalue weighted by atomic mass is 35.5. The molecule has 0 saturated heterocycles. The Balaban J connectivity index is 2.52. The molecule has 1 fully saturated rings. The van der Waals surface area contributed by atoms with Gasteiger partial charge in [0.2, 0.25) is 5.88 Å². The average molecular weight is 296 g/mol. The van der Waals surface area contributed by atoms with E-state index in [4.69, 9.17) is 21.1 Å². The number of nitrogens with zero attached hydrogens (tertiary/aromatic N) is 1. The van der Waals surface area contributed by atoms with E-state index in [1.54, 1.807) is 19.1 Å². The number of pyridine rings is 1. The number of halogens is 1. The Labute approximate surface area is 123 Å². The SMILES string of the molecule is CCOC(=O)C(=C1CCCC1)c1ccc(Cl)nc1OC. The van der Waals surface area contributed by atoms with Crippen LogP contribution in [0.15, 0.2) is 17.7 Å². The van der Waals surface area contributed by atoms with Gasteiger partial charge in [-0.3, -0.25) is 0 Å². The van der Waals surface area contributed by atoms with Gasteiger partial charge in [-0.15, -0.1) is 0 Å². The van der Waals surface area contributed by atoms with E-state index < -0.39 is 0 Å². The fourth-order valence-electron chi connectivity index (χ4n) is 2.46. The second-order valence-electron chi connectivity index (χ2n) is 4.60. The maximum atomic E-state index is 12.3. The summed E-state index contributed by atoms with van der Waals surface area (Å²) >= 11 is 5.88. The molecule has 0 bridgehead atoms. The van der Waals surface area contributed by atoms with Crippen molar-refractivity contribution in [2.75, 3.05) is 13.7 Å². The molecule has 0 N–H and O–H groups in total. The number of methoxy groups -OCH3 is 1. The molecule has 108 valence electrons. The van der Waals surface area contributed by atoms with Crippen molar-refractivity contribution in [2.24, 2.45) is 0 Å². The molecule has 0 spiro atoms. The summed E-state index contributed by atoms with van der Waals surface area (Å²) in [7, 11) is 1.52. The second kappa shape index (κ2) is 6.75. The molecular weight excluding hydrogens is 278 g/mol. The number of carbonyl (C=O) groups is 1. The van der Waals surface area contributed by atoms with Crippen LogP contribution in [0.4, 0.5) is 0 Å². The number of aromatic nitrogens is 1. The molecule has 1 aromatic rings. The number of rotatable bonds is 4. The fourth-order valence-corrected chi connectivity index (χ4v) is 2.60. The molecule has 2 rings (SSSR count). The quantitative estimate of drug-likeness (QED) is 0.483. The van der Waals surface area contributed by atoms with E-state index in [-0.39, 0.29) is 5.97 Å². The number of carbonyl (C=O) groups excluding carboxylic acids is 1. The van der Waals surface area contributed by atoms with Gasteiger partial charge in [-0.2, -0.15) is 0 Å². The van der Waals surface area contributed by atoms with Crippen LogP contribution >= 0.6 is 11.6 Å². The number of hydrogen-bond donors (Lipinski definition) is 0. The summed E-state index contributed by atoms with van der Waals surface area (Å²) in [5.74, 6) is 0.0479. The van der Waals surface area contributed by atoms with Gasteiger partial charge in [-0.25, -0.2) is 9.78 Å². The highest BCUT2D eigenvalue weighted by molar-refractivity contribution is 6.29. The van der Waals surface area contributed by atoms with Crippen molar-refractivity contribution in [2.45, 2.75) is 32.6 Å². The van der Waals surface area contributed by atoms with Gasteiger partial charge in [0.1, 0.15) is 5.15 Å². The van der Waals surface area contributed by atoms with E-state index in [9.17, 15) is 4.79 Å². The summed E-state index contributed by atoms with van der Waals surface area (Å²) in [6.07, 6.45) is 4.03. The molecule has 5 heteroatoms. The van der Waals surface area contributed by atoms with Crippen LogP contribution in [0.25, 0.3) is 5.57 Å². The first-order valence-electron chi connectivity index (χ1n) is 6.77. The van der Waals surface area contributed by atoms with Crippen LogP contribution in [0.5, 0.6) is 5.88 Å². The zero-order chi connectivity index (χ0) is 14.5. The Kier molecular flexibility index (Phi) is 5.01. The highest BCUT2D eigenvalue weighted by Crippen LogP contribution is 2.36. The first kappa shape index (κ1) is 14.9. The molecule has 1 aliphatic carbocycles. The second-order valence-corrected chi connectivity index (χ2v) is 4.98. The lowest BCUT2D eigenvalue weighted by molar-refractivity contribution is -0.136. The van der Waals surface area contributed by atoms with E-state index in [2.05, 4.69) is 4.98 Å². The van der Waals surface area contributed by atoms with E-state index in [0.29, 0.717) is 28.8 Å². The van der Waals surface area contributed by atoms with Gasteiger partial charge in [0.15, 0.2) is 0 Å². The summed E-state index contributed by atoms with van der Waals surface area (Å²) in [4.78, 5) is 16.4. The van der Waals surface area contributed by atoms with Crippen LogP contribution in [-0.4, -0.2) is 24.7 Å². The van der Waals surface area contributed by atoms with Gasteiger partial charge >= 0.3 is 5.97 Å². The highest BCUT2D eigenvalue weighted by Gasteiger charge is 2.24. The molecule has 0 radical (unpaired) electrons. The maximum absolute atomic E-state index is 12.3. The zero-order valence-electron chi connectivity index (χ0n) is 11.7. The maximum Gasteiger partial charge on any atom is 0.338 e. The van der Waals surface area contributed by atoms with Crippen molar-refractivity contribution in [1.82, 2.24) is 4.98 Å². The first-order valence-corrected chi connectivity index (χ1v) is 7.15. The van der Waals surface area contributed by atoms with Crippen LogP contribution in [0.3, 0.4) is 0 Å². The van der Waals surface area contributed by atoms with Crippen LogP contribution in [0.2, 0.25) is 5.15 Å². The van der Waals surface area contributed by atoms with Gasteiger partial charge in [-0.05, 0) is 44.7 Å². The van der Waals surface area contributed by atoms with Crippen molar-refractivity contribution in [3.8, 4) is 5.88 Å². The molecule has 4 nitrogen and oxygen atoms in total. The molecular formula is C15H18ClNO3. The Hall–Kier alpha value is -1.55. The summed E-state index contributed by atoms with van der Waals surface area (Å²) in [6.45, 7) is 2.14. The predicted molar refractivity (Wildman–Crippen MR) is 77.8 cm³/mol. The molecule has 0 unspecified atom stereocenters. The Bertz CT molecular complexity index is 532. The summed E-state index contributed by atoms with van der Waals surface area (Å²) < 4.78 is 10.4. The van der Waals surface area contributed by atoms with Gasteiger partial charge in [0, 0.05) is 0 Å². The molecule has 1 aliphatic rings. The van der Waals surface area contributed by atoms with Crippen molar-refractivity contribution < 1.29 is 14.3 Å². The zero-order valence-corrected chi connectivity index (χ0v) is 12.5. The monoisotopic (exact) mass is 295 g/mol. The standard InChI is InChI=1S/C15H18ClNO3/c1-3-20-15(18)13(10-6-4-5-7-10)11-8-9-12(16)17-14(11)19-2/h8-9H,3-7H2,1-2H3. The van der Waals surface area contributed by atoms with Crippen LogP contribution in [0.1, 0.15) is 38.2 Å². The van der Waals surface area contributed by atoms with Crippen LogP contribution < -0.4 is 4.74 Å². The first-order chi connectivity index (χ1) is 9.67. The molecule has 1 heterocycles. The molecule has 0 aromatic carbocycles. The minimum atomic E-state index is -0.313. The van der Waals surface area contributed by atoms with Crippen molar-refractivity contribution in [3.63, 3.8) is 0 Å². The van der Waals surface area contributed by atoms with Crippen molar-refractivity contribution in [1.29, 1.82) is 0 Å².